The minimum atomic E-state index is -0.258. The van der Waals surface area contributed by atoms with Crippen molar-refractivity contribution in [3.8, 4) is 11.5 Å². The standard InChI is InChI=1S/C16H24N2O3/c1-16(6-8-18(2)9-7-16)11-17-15(20)13-10-12(21-3)4-5-14(13)19/h4-5,10,19H,6-9,11H2,1-3H3,(H,17,20). The van der Waals surface area contributed by atoms with Crippen LogP contribution >= 0.6 is 0 Å². The van der Waals surface area contributed by atoms with Crippen molar-refractivity contribution in [3.05, 3.63) is 23.8 Å². The molecule has 0 radical (unpaired) electrons. The molecule has 5 heteroatoms. The number of methoxy groups -OCH3 is 1. The molecule has 1 heterocycles. The molecule has 21 heavy (non-hydrogen) atoms. The third kappa shape index (κ3) is 3.88. The fraction of sp³-hybridized carbons (Fsp3) is 0.562. The number of nitrogens with one attached hydrogen (secondary N) is 1. The summed E-state index contributed by atoms with van der Waals surface area (Å²) in [6, 6.07) is 4.66. The van der Waals surface area contributed by atoms with E-state index in [9.17, 15) is 9.90 Å². The Morgan fingerprint density at radius 1 is 1.43 bits per heavy atom. The van der Waals surface area contributed by atoms with E-state index in [0.717, 1.165) is 25.9 Å². The van der Waals surface area contributed by atoms with Crippen LogP contribution < -0.4 is 10.1 Å². The zero-order valence-corrected chi connectivity index (χ0v) is 13.0. The number of rotatable bonds is 4. The van der Waals surface area contributed by atoms with E-state index < -0.39 is 0 Å². The van der Waals surface area contributed by atoms with Gasteiger partial charge in [-0.25, -0.2) is 0 Å². The third-order valence-electron chi connectivity index (χ3n) is 4.32. The summed E-state index contributed by atoms with van der Waals surface area (Å²) in [6.07, 6.45) is 2.13. The van der Waals surface area contributed by atoms with Crippen LogP contribution in [0.5, 0.6) is 11.5 Å². The lowest BCUT2D eigenvalue weighted by atomic mass is 9.80. The number of aromatic hydroxyl groups is 1. The van der Waals surface area contributed by atoms with Crippen molar-refractivity contribution in [1.29, 1.82) is 0 Å². The minimum absolute atomic E-state index is 0.0261. The molecule has 0 aliphatic carbocycles. The molecule has 2 rings (SSSR count). The highest BCUT2D eigenvalue weighted by molar-refractivity contribution is 5.97. The van der Waals surface area contributed by atoms with E-state index in [1.165, 1.54) is 13.2 Å². The molecule has 1 aliphatic rings. The topological polar surface area (TPSA) is 61.8 Å². The molecule has 1 saturated heterocycles. The van der Waals surface area contributed by atoms with Crippen molar-refractivity contribution in [2.45, 2.75) is 19.8 Å². The second-order valence-corrected chi connectivity index (χ2v) is 6.18. The van der Waals surface area contributed by atoms with Crippen molar-refractivity contribution in [1.82, 2.24) is 10.2 Å². The average molecular weight is 292 g/mol. The highest BCUT2D eigenvalue weighted by Gasteiger charge is 2.29. The molecule has 116 valence electrons. The molecule has 1 aromatic carbocycles. The zero-order valence-electron chi connectivity index (χ0n) is 13.0. The number of phenolic OH excluding ortho intramolecular Hbond substituents is 1. The summed E-state index contributed by atoms with van der Waals surface area (Å²) in [4.78, 5) is 14.5. The lowest BCUT2D eigenvalue weighted by molar-refractivity contribution is 0.0888. The lowest BCUT2D eigenvalue weighted by Crippen LogP contribution is -2.43. The molecule has 1 aromatic rings. The summed E-state index contributed by atoms with van der Waals surface area (Å²) in [5, 5.41) is 12.8. The Hall–Kier alpha value is -1.75. The molecule has 0 aromatic heterocycles. The number of hydrogen-bond acceptors (Lipinski definition) is 4. The molecule has 0 bridgehead atoms. The summed E-state index contributed by atoms with van der Waals surface area (Å²) in [7, 11) is 3.65. The van der Waals surface area contributed by atoms with Crippen LogP contribution in [0.2, 0.25) is 0 Å². The summed E-state index contributed by atoms with van der Waals surface area (Å²) < 4.78 is 5.09. The van der Waals surface area contributed by atoms with E-state index in [0.29, 0.717) is 12.3 Å². The number of nitrogens with zero attached hydrogens (tertiary/aromatic N) is 1. The fourth-order valence-electron chi connectivity index (χ4n) is 2.55. The number of likely N-dealkylation sites (tertiary alicyclic amines) is 1. The van der Waals surface area contributed by atoms with Gasteiger partial charge in [0.05, 0.1) is 12.7 Å². The molecule has 1 aliphatic heterocycles. The van der Waals surface area contributed by atoms with Crippen LogP contribution in [0.25, 0.3) is 0 Å². The van der Waals surface area contributed by atoms with Crippen LogP contribution in [0.15, 0.2) is 18.2 Å². The van der Waals surface area contributed by atoms with Gasteiger partial charge in [-0.2, -0.15) is 0 Å². The van der Waals surface area contributed by atoms with E-state index in [2.05, 4.69) is 24.2 Å². The molecule has 5 nitrogen and oxygen atoms in total. The minimum Gasteiger partial charge on any atom is -0.507 e. The lowest BCUT2D eigenvalue weighted by Gasteiger charge is -2.37. The maximum atomic E-state index is 12.2. The molecule has 0 atom stereocenters. The van der Waals surface area contributed by atoms with Gasteiger partial charge in [-0.1, -0.05) is 6.92 Å². The first-order chi connectivity index (χ1) is 9.93. The normalized spacial score (nSPS) is 18.2. The first-order valence-corrected chi connectivity index (χ1v) is 7.27. The van der Waals surface area contributed by atoms with E-state index in [-0.39, 0.29) is 22.6 Å². The van der Waals surface area contributed by atoms with Crippen LogP contribution in [0, 0.1) is 5.41 Å². The number of hydrogen-bond donors (Lipinski definition) is 2. The Balaban J connectivity index is 1.98. The Labute approximate surface area is 125 Å². The van der Waals surface area contributed by atoms with Crippen LogP contribution in [0.1, 0.15) is 30.1 Å². The highest BCUT2D eigenvalue weighted by Crippen LogP contribution is 2.30. The monoisotopic (exact) mass is 292 g/mol. The van der Waals surface area contributed by atoms with Gasteiger partial charge in [0, 0.05) is 6.54 Å². The number of benzene rings is 1. The van der Waals surface area contributed by atoms with Crippen LogP contribution in [0.3, 0.4) is 0 Å². The van der Waals surface area contributed by atoms with Crippen molar-refractivity contribution in [2.75, 3.05) is 33.8 Å². The maximum Gasteiger partial charge on any atom is 0.255 e. The molecule has 1 amide bonds. The van der Waals surface area contributed by atoms with Crippen LogP contribution in [-0.4, -0.2) is 49.7 Å². The van der Waals surface area contributed by atoms with Gasteiger partial charge in [0.25, 0.3) is 5.91 Å². The Bertz CT molecular complexity index is 508. The van der Waals surface area contributed by atoms with Gasteiger partial charge >= 0.3 is 0 Å². The second-order valence-electron chi connectivity index (χ2n) is 6.18. The number of amides is 1. The summed E-state index contributed by atoms with van der Waals surface area (Å²) >= 11 is 0. The maximum absolute atomic E-state index is 12.2. The summed E-state index contributed by atoms with van der Waals surface area (Å²) in [6.45, 7) is 4.93. The highest BCUT2D eigenvalue weighted by atomic mass is 16.5. The van der Waals surface area contributed by atoms with Gasteiger partial charge in [0.15, 0.2) is 0 Å². The summed E-state index contributed by atoms with van der Waals surface area (Å²) in [5.41, 5.74) is 0.377. The number of carbonyl (C=O) groups is 1. The SMILES string of the molecule is COc1ccc(O)c(C(=O)NCC2(C)CCN(C)CC2)c1. The molecular weight excluding hydrogens is 268 g/mol. The van der Waals surface area contributed by atoms with Crippen molar-refractivity contribution < 1.29 is 14.6 Å². The molecule has 2 N–H and O–H groups in total. The first kappa shape index (κ1) is 15.6. The van der Waals surface area contributed by atoms with Gasteiger partial charge in [-0.3, -0.25) is 4.79 Å². The summed E-state index contributed by atoms with van der Waals surface area (Å²) in [5.74, 6) is 0.275. The Morgan fingerprint density at radius 2 is 2.10 bits per heavy atom. The molecule has 1 fully saturated rings. The Morgan fingerprint density at radius 3 is 2.71 bits per heavy atom. The predicted molar refractivity (Wildman–Crippen MR) is 81.8 cm³/mol. The van der Waals surface area contributed by atoms with E-state index in [1.54, 1.807) is 12.1 Å². The first-order valence-electron chi connectivity index (χ1n) is 7.27. The van der Waals surface area contributed by atoms with Gasteiger partial charge in [-0.05, 0) is 56.6 Å². The smallest absolute Gasteiger partial charge is 0.255 e. The molecule has 0 saturated carbocycles. The molecule has 0 spiro atoms. The second kappa shape index (κ2) is 6.35. The quantitative estimate of drug-likeness (QED) is 0.889. The fourth-order valence-corrected chi connectivity index (χ4v) is 2.55. The van der Waals surface area contributed by atoms with E-state index in [1.807, 2.05) is 0 Å². The van der Waals surface area contributed by atoms with Gasteiger partial charge in [0.2, 0.25) is 0 Å². The third-order valence-corrected chi connectivity index (χ3v) is 4.32. The van der Waals surface area contributed by atoms with E-state index in [4.69, 9.17) is 4.74 Å². The van der Waals surface area contributed by atoms with Gasteiger partial charge < -0.3 is 20.1 Å². The number of carbonyl (C=O) groups excluding carboxylic acids is 1. The molecule has 0 unspecified atom stereocenters. The number of piperidine rings is 1. The van der Waals surface area contributed by atoms with Crippen LogP contribution in [-0.2, 0) is 0 Å². The Kier molecular flexibility index (Phi) is 4.73. The van der Waals surface area contributed by atoms with Crippen LogP contribution in [0.4, 0.5) is 0 Å². The van der Waals surface area contributed by atoms with Crippen molar-refractivity contribution in [3.63, 3.8) is 0 Å². The largest absolute Gasteiger partial charge is 0.507 e. The predicted octanol–water partition coefficient (Wildman–Crippen LogP) is 1.86. The van der Waals surface area contributed by atoms with E-state index >= 15 is 0 Å². The van der Waals surface area contributed by atoms with Gasteiger partial charge in [0.1, 0.15) is 11.5 Å². The average Bonchev–Trinajstić information content (AvgIpc) is 2.49. The van der Waals surface area contributed by atoms with Crippen molar-refractivity contribution >= 4 is 5.91 Å². The van der Waals surface area contributed by atoms with Crippen molar-refractivity contribution in [2.24, 2.45) is 5.41 Å². The molecular formula is C16H24N2O3. The number of phenols is 1. The van der Waals surface area contributed by atoms with Gasteiger partial charge in [-0.15, -0.1) is 0 Å². The number of ether oxygens (including phenoxy) is 1. The zero-order chi connectivity index (χ0) is 15.5.